The molecule has 0 aliphatic carbocycles. The molecule has 5 heteroatoms. The number of benzene rings is 1. The van der Waals surface area contributed by atoms with E-state index >= 15 is 0 Å². The molecule has 0 aliphatic heterocycles. The van der Waals surface area contributed by atoms with E-state index < -0.39 is 0 Å². The van der Waals surface area contributed by atoms with Crippen LogP contribution in [0.25, 0.3) is 0 Å². The van der Waals surface area contributed by atoms with E-state index in [4.69, 9.17) is 11.5 Å². The van der Waals surface area contributed by atoms with E-state index in [1.165, 1.54) is 0 Å². The molecular formula is C13H17N5. The predicted molar refractivity (Wildman–Crippen MR) is 77.1 cm³/mol. The number of nitrogen functional groups attached to an aromatic ring is 2. The van der Waals surface area contributed by atoms with Crippen LogP contribution in [-0.4, -0.2) is 19.1 Å². The molecule has 1 aromatic carbocycles. The monoisotopic (exact) mass is 243 g/mol. The van der Waals surface area contributed by atoms with Gasteiger partial charge < -0.3 is 21.7 Å². The first-order valence-electron chi connectivity index (χ1n) is 5.62. The minimum Gasteiger partial charge on any atom is -0.396 e. The molecule has 0 radical (unpaired) electrons. The molecule has 2 rings (SSSR count). The van der Waals surface area contributed by atoms with Gasteiger partial charge in [0.05, 0.1) is 5.69 Å². The lowest BCUT2D eigenvalue weighted by atomic mass is 10.2. The number of nitrogens with one attached hydrogen (secondary N) is 1. The summed E-state index contributed by atoms with van der Waals surface area (Å²) in [6, 6.07) is 11.6. The van der Waals surface area contributed by atoms with E-state index in [2.05, 4.69) is 10.3 Å². The molecule has 0 unspecified atom stereocenters. The Morgan fingerprint density at radius 1 is 1.11 bits per heavy atom. The average molecular weight is 243 g/mol. The molecule has 0 aliphatic rings. The van der Waals surface area contributed by atoms with Crippen LogP contribution in [0.15, 0.2) is 36.4 Å². The van der Waals surface area contributed by atoms with Crippen LogP contribution >= 0.6 is 0 Å². The van der Waals surface area contributed by atoms with Gasteiger partial charge >= 0.3 is 0 Å². The first-order valence-corrected chi connectivity index (χ1v) is 5.62. The highest BCUT2D eigenvalue weighted by atomic mass is 15.1. The minimum absolute atomic E-state index is 0.337. The zero-order valence-corrected chi connectivity index (χ0v) is 10.5. The van der Waals surface area contributed by atoms with Crippen molar-refractivity contribution in [3.8, 4) is 0 Å². The Balaban J connectivity index is 2.23. The number of hydrogen-bond donors (Lipinski definition) is 3. The number of nitrogens with two attached hydrogens (primary N) is 2. The van der Waals surface area contributed by atoms with Crippen LogP contribution in [0.4, 0.5) is 28.7 Å². The van der Waals surface area contributed by atoms with Gasteiger partial charge in [-0.25, -0.2) is 4.98 Å². The number of rotatable bonds is 3. The molecule has 0 saturated carbocycles. The Labute approximate surface area is 106 Å². The zero-order chi connectivity index (χ0) is 13.1. The van der Waals surface area contributed by atoms with E-state index in [1.54, 1.807) is 12.1 Å². The maximum Gasteiger partial charge on any atom is 0.149 e. The molecule has 5 nitrogen and oxygen atoms in total. The number of aromatic nitrogens is 1. The van der Waals surface area contributed by atoms with Crippen molar-refractivity contribution in [3.05, 3.63) is 36.4 Å². The Hall–Kier alpha value is -2.43. The van der Waals surface area contributed by atoms with Gasteiger partial charge in [-0.05, 0) is 30.3 Å². The van der Waals surface area contributed by atoms with Crippen LogP contribution in [0.1, 0.15) is 0 Å². The first-order chi connectivity index (χ1) is 8.56. The zero-order valence-electron chi connectivity index (χ0n) is 10.5. The lowest BCUT2D eigenvalue weighted by molar-refractivity contribution is 1.13. The van der Waals surface area contributed by atoms with E-state index in [9.17, 15) is 0 Å². The van der Waals surface area contributed by atoms with Crippen molar-refractivity contribution in [2.75, 3.05) is 35.8 Å². The van der Waals surface area contributed by atoms with Crippen LogP contribution in [0.2, 0.25) is 0 Å². The van der Waals surface area contributed by atoms with Gasteiger partial charge in [-0.2, -0.15) is 0 Å². The fourth-order valence-electron chi connectivity index (χ4n) is 1.57. The second-order valence-corrected chi connectivity index (χ2v) is 4.24. The van der Waals surface area contributed by atoms with Gasteiger partial charge in [0, 0.05) is 25.5 Å². The van der Waals surface area contributed by atoms with Crippen molar-refractivity contribution >= 4 is 28.7 Å². The number of hydrogen-bond acceptors (Lipinski definition) is 5. The van der Waals surface area contributed by atoms with E-state index in [-0.39, 0.29) is 0 Å². The Bertz CT molecular complexity index is 551. The fourth-order valence-corrected chi connectivity index (χ4v) is 1.57. The highest BCUT2D eigenvalue weighted by Crippen LogP contribution is 2.22. The van der Waals surface area contributed by atoms with Crippen molar-refractivity contribution in [2.45, 2.75) is 0 Å². The quantitative estimate of drug-likeness (QED) is 0.768. The molecule has 2 aromatic rings. The van der Waals surface area contributed by atoms with E-state index in [1.807, 2.05) is 43.3 Å². The van der Waals surface area contributed by atoms with Gasteiger partial charge in [-0.15, -0.1) is 0 Å². The van der Waals surface area contributed by atoms with Crippen LogP contribution in [0, 0.1) is 0 Å². The topological polar surface area (TPSA) is 80.2 Å². The molecule has 0 saturated heterocycles. The summed E-state index contributed by atoms with van der Waals surface area (Å²) in [6.07, 6.45) is 0. The van der Waals surface area contributed by atoms with Crippen LogP contribution < -0.4 is 21.7 Å². The first kappa shape index (κ1) is 12.0. The Kier molecular flexibility index (Phi) is 3.23. The van der Waals surface area contributed by atoms with Crippen LogP contribution in [0.3, 0.4) is 0 Å². The highest BCUT2D eigenvalue weighted by Gasteiger charge is 2.01. The van der Waals surface area contributed by atoms with Crippen molar-refractivity contribution < 1.29 is 0 Å². The Morgan fingerprint density at radius 2 is 1.89 bits per heavy atom. The smallest absolute Gasteiger partial charge is 0.149 e. The molecular weight excluding hydrogens is 226 g/mol. The largest absolute Gasteiger partial charge is 0.396 e. The standard InChI is InChI=1S/C13H17N5/c1-18(2)10-5-3-4-9(8-10)16-12-7-6-11(14)13(15)17-12/h3-8H,14H2,1-2H3,(H3,15,16,17). The predicted octanol–water partition coefficient (Wildman–Crippen LogP) is 2.06. The third-order valence-electron chi connectivity index (χ3n) is 2.59. The maximum atomic E-state index is 5.67. The molecule has 5 N–H and O–H groups in total. The summed E-state index contributed by atoms with van der Waals surface area (Å²) in [6.45, 7) is 0. The lowest BCUT2D eigenvalue weighted by Crippen LogP contribution is -2.08. The van der Waals surface area contributed by atoms with Gasteiger partial charge in [0.25, 0.3) is 0 Å². The van der Waals surface area contributed by atoms with Gasteiger partial charge in [0.2, 0.25) is 0 Å². The summed E-state index contributed by atoms with van der Waals surface area (Å²) in [5.74, 6) is 1.02. The summed E-state index contributed by atoms with van der Waals surface area (Å²) in [5, 5.41) is 3.19. The Morgan fingerprint density at radius 3 is 2.56 bits per heavy atom. The van der Waals surface area contributed by atoms with Gasteiger partial charge in [-0.1, -0.05) is 6.07 Å². The SMILES string of the molecule is CN(C)c1cccc(Nc2ccc(N)c(N)n2)c1. The number of anilines is 5. The molecule has 0 fully saturated rings. The second kappa shape index (κ2) is 4.83. The van der Waals surface area contributed by atoms with E-state index in [0.717, 1.165) is 11.4 Å². The highest BCUT2D eigenvalue weighted by molar-refractivity contribution is 5.67. The molecule has 0 atom stereocenters. The molecule has 0 spiro atoms. The molecule has 94 valence electrons. The second-order valence-electron chi connectivity index (χ2n) is 4.24. The normalized spacial score (nSPS) is 10.1. The third-order valence-corrected chi connectivity index (χ3v) is 2.59. The third kappa shape index (κ3) is 2.63. The summed E-state index contributed by atoms with van der Waals surface area (Å²) >= 11 is 0. The van der Waals surface area contributed by atoms with Crippen LogP contribution in [-0.2, 0) is 0 Å². The van der Waals surface area contributed by atoms with Gasteiger partial charge in [0.15, 0.2) is 0 Å². The van der Waals surface area contributed by atoms with Crippen LogP contribution in [0.5, 0.6) is 0 Å². The lowest BCUT2D eigenvalue weighted by Gasteiger charge is -2.14. The molecule has 18 heavy (non-hydrogen) atoms. The number of nitrogens with zero attached hydrogens (tertiary/aromatic N) is 2. The van der Waals surface area contributed by atoms with Gasteiger partial charge in [0.1, 0.15) is 11.6 Å². The summed E-state index contributed by atoms with van der Waals surface area (Å²) in [4.78, 5) is 6.21. The molecule has 0 bridgehead atoms. The van der Waals surface area contributed by atoms with Crippen molar-refractivity contribution in [1.29, 1.82) is 0 Å². The number of pyridine rings is 1. The van der Waals surface area contributed by atoms with Crippen molar-refractivity contribution in [3.63, 3.8) is 0 Å². The summed E-state index contributed by atoms with van der Waals surface area (Å²) < 4.78 is 0. The minimum atomic E-state index is 0.337. The molecule has 1 aromatic heterocycles. The van der Waals surface area contributed by atoms with Crippen molar-refractivity contribution in [2.24, 2.45) is 0 Å². The molecule has 1 heterocycles. The average Bonchev–Trinajstić information content (AvgIpc) is 2.34. The fraction of sp³-hybridized carbons (Fsp3) is 0.154. The van der Waals surface area contributed by atoms with Crippen molar-refractivity contribution in [1.82, 2.24) is 4.98 Å². The van der Waals surface area contributed by atoms with E-state index in [0.29, 0.717) is 17.3 Å². The maximum absolute atomic E-state index is 5.67. The molecule has 0 amide bonds. The van der Waals surface area contributed by atoms with Gasteiger partial charge in [-0.3, -0.25) is 0 Å². The summed E-state index contributed by atoms with van der Waals surface area (Å²) in [5.41, 5.74) is 13.9. The summed E-state index contributed by atoms with van der Waals surface area (Å²) in [7, 11) is 4.00.